The van der Waals surface area contributed by atoms with E-state index in [0.29, 0.717) is 13.0 Å². The molecule has 0 heterocycles. The van der Waals surface area contributed by atoms with E-state index < -0.39 is 18.1 Å². The average Bonchev–Trinajstić information content (AvgIpc) is 2.38. The zero-order chi connectivity index (χ0) is 15.3. The smallest absolute Gasteiger partial charge is 0.401 e. The minimum atomic E-state index is -4.62. The van der Waals surface area contributed by atoms with Crippen LogP contribution in [0, 0.1) is 5.92 Å². The van der Waals surface area contributed by atoms with Crippen LogP contribution in [0.2, 0.25) is 0 Å². The van der Waals surface area contributed by atoms with Gasteiger partial charge < -0.3 is 10.8 Å². The summed E-state index contributed by atoms with van der Waals surface area (Å²) >= 11 is 0. The first-order valence-corrected chi connectivity index (χ1v) is 6.36. The van der Waals surface area contributed by atoms with Crippen LogP contribution in [0.3, 0.4) is 0 Å². The predicted octanol–water partition coefficient (Wildman–Crippen LogP) is 3.29. The third-order valence-electron chi connectivity index (χ3n) is 3.28. The molecule has 0 aromatic heterocycles. The minimum absolute atomic E-state index is 0.292. The van der Waals surface area contributed by atoms with Gasteiger partial charge in [-0.2, -0.15) is 13.2 Å². The molecule has 2 atom stereocenters. The van der Waals surface area contributed by atoms with Gasteiger partial charge in [0.05, 0.1) is 0 Å². The van der Waals surface area contributed by atoms with Crippen molar-refractivity contribution < 1.29 is 23.1 Å². The first kappa shape index (κ1) is 16.5. The highest BCUT2D eigenvalue weighted by Gasteiger charge is 2.41. The third-order valence-corrected chi connectivity index (χ3v) is 3.28. The Morgan fingerprint density at radius 1 is 1.40 bits per heavy atom. The molecule has 2 rings (SSSR count). The van der Waals surface area contributed by atoms with Crippen LogP contribution in [0.25, 0.3) is 0 Å². The van der Waals surface area contributed by atoms with E-state index in [-0.39, 0.29) is 0 Å². The zero-order valence-corrected chi connectivity index (χ0v) is 11.2. The number of carbonyl (C=O) groups is 1. The molecule has 3 nitrogen and oxygen atoms in total. The molecule has 1 aliphatic rings. The number of halogens is 3. The topological polar surface area (TPSA) is 63.3 Å². The first-order chi connectivity index (χ1) is 9.23. The lowest BCUT2D eigenvalue weighted by Gasteiger charge is -2.21. The summed E-state index contributed by atoms with van der Waals surface area (Å²) in [4.78, 5) is 9.63. The number of rotatable bonds is 1. The number of nitrogens with two attached hydrogens (primary N) is 1. The molecule has 1 aliphatic carbocycles. The molecule has 6 heteroatoms. The first-order valence-electron chi connectivity index (χ1n) is 6.36. The van der Waals surface area contributed by atoms with Crippen LogP contribution in [-0.2, 0) is 11.2 Å². The average molecular weight is 289 g/mol. The number of aryl methyl sites for hydroxylation is 1. The van der Waals surface area contributed by atoms with E-state index >= 15 is 0 Å². The minimum Gasteiger partial charge on any atom is -0.481 e. The van der Waals surface area contributed by atoms with Crippen molar-refractivity contribution in [3.8, 4) is 0 Å². The summed E-state index contributed by atoms with van der Waals surface area (Å²) in [5.41, 5.74) is 8.76. The Morgan fingerprint density at radius 3 is 2.45 bits per heavy atom. The van der Waals surface area contributed by atoms with E-state index in [1.807, 2.05) is 0 Å². The molecule has 0 amide bonds. The Hall–Kier alpha value is -1.56. The van der Waals surface area contributed by atoms with Crippen LogP contribution in [0.15, 0.2) is 24.3 Å². The van der Waals surface area contributed by atoms with Gasteiger partial charge in [-0.3, -0.25) is 4.79 Å². The summed E-state index contributed by atoms with van der Waals surface area (Å²) < 4.78 is 34.0. The van der Waals surface area contributed by atoms with Crippen molar-refractivity contribution in [1.82, 2.24) is 0 Å². The zero-order valence-electron chi connectivity index (χ0n) is 11.2. The summed E-state index contributed by atoms with van der Waals surface area (Å²) in [6.07, 6.45) is -1.01. The highest BCUT2D eigenvalue weighted by Crippen LogP contribution is 2.27. The van der Waals surface area contributed by atoms with E-state index in [4.69, 9.17) is 10.8 Å². The molecule has 1 aromatic rings. The standard InChI is InChI=1S/C10H13N.C4H5F3O2/c11-10-7-3-5-8-4-1-2-6-9(8)10;1-2(3(8)9)4(5,6)7/h1-2,4,6,10H,3,5,7,11H2;2H,1H3,(H,8,9)/t10-;2-/m00/s1. The predicted molar refractivity (Wildman–Crippen MR) is 69.2 cm³/mol. The fraction of sp³-hybridized carbons (Fsp3) is 0.500. The molecular weight excluding hydrogens is 271 g/mol. The Kier molecular flexibility index (Phi) is 5.56. The monoisotopic (exact) mass is 289 g/mol. The van der Waals surface area contributed by atoms with Gasteiger partial charge in [-0.25, -0.2) is 0 Å². The molecule has 0 spiro atoms. The Balaban J connectivity index is 0.000000206. The Bertz CT molecular complexity index is 460. The van der Waals surface area contributed by atoms with E-state index in [1.54, 1.807) is 0 Å². The lowest BCUT2D eigenvalue weighted by Crippen LogP contribution is -2.27. The fourth-order valence-corrected chi connectivity index (χ4v) is 1.93. The summed E-state index contributed by atoms with van der Waals surface area (Å²) in [5, 5.41) is 7.80. The molecule has 0 unspecified atom stereocenters. The number of hydrogen-bond acceptors (Lipinski definition) is 2. The van der Waals surface area contributed by atoms with Crippen molar-refractivity contribution in [2.75, 3.05) is 0 Å². The van der Waals surface area contributed by atoms with Crippen LogP contribution >= 0.6 is 0 Å². The molecule has 0 radical (unpaired) electrons. The maximum atomic E-state index is 11.3. The van der Waals surface area contributed by atoms with Gasteiger partial charge >= 0.3 is 12.1 Å². The van der Waals surface area contributed by atoms with Gasteiger partial charge in [0.2, 0.25) is 0 Å². The lowest BCUT2D eigenvalue weighted by molar-refractivity contribution is -0.189. The van der Waals surface area contributed by atoms with E-state index in [1.165, 1.54) is 24.0 Å². The fourth-order valence-electron chi connectivity index (χ4n) is 1.93. The van der Waals surface area contributed by atoms with Gasteiger partial charge in [0.25, 0.3) is 0 Å². The number of alkyl halides is 3. The molecule has 0 bridgehead atoms. The van der Waals surface area contributed by atoms with Crippen molar-refractivity contribution in [2.45, 2.75) is 38.4 Å². The Morgan fingerprint density at radius 2 is 2.00 bits per heavy atom. The molecular formula is C14H18F3NO2. The molecule has 0 saturated heterocycles. The van der Waals surface area contributed by atoms with Crippen LogP contribution in [0.1, 0.15) is 36.9 Å². The van der Waals surface area contributed by atoms with Gasteiger partial charge in [0, 0.05) is 6.04 Å². The summed E-state index contributed by atoms with van der Waals surface area (Å²) in [6.45, 7) is 0.600. The van der Waals surface area contributed by atoms with Gasteiger partial charge in [0.1, 0.15) is 5.92 Å². The molecule has 112 valence electrons. The summed E-state index contributed by atoms with van der Waals surface area (Å²) in [7, 11) is 0. The number of carboxylic acid groups (broad SMARTS) is 1. The highest BCUT2D eigenvalue weighted by molar-refractivity contribution is 5.70. The van der Waals surface area contributed by atoms with Crippen molar-refractivity contribution >= 4 is 5.97 Å². The second kappa shape index (κ2) is 6.74. The molecule has 3 N–H and O–H groups in total. The number of aliphatic carboxylic acids is 1. The normalized spacial score (nSPS) is 19.4. The van der Waals surface area contributed by atoms with Crippen LogP contribution in [0.5, 0.6) is 0 Å². The van der Waals surface area contributed by atoms with Crippen molar-refractivity contribution in [1.29, 1.82) is 0 Å². The summed E-state index contributed by atoms with van der Waals surface area (Å²) in [5.74, 6) is -4.11. The molecule has 0 fully saturated rings. The number of carboxylic acids is 1. The highest BCUT2D eigenvalue weighted by atomic mass is 19.4. The number of hydrogen-bond donors (Lipinski definition) is 2. The summed E-state index contributed by atoms with van der Waals surface area (Å²) in [6, 6.07) is 8.80. The van der Waals surface area contributed by atoms with Crippen molar-refractivity contribution in [2.24, 2.45) is 11.7 Å². The van der Waals surface area contributed by atoms with Crippen molar-refractivity contribution in [3.63, 3.8) is 0 Å². The van der Waals surface area contributed by atoms with Gasteiger partial charge in [-0.15, -0.1) is 0 Å². The number of fused-ring (bicyclic) bond motifs is 1. The largest absolute Gasteiger partial charge is 0.481 e. The van der Waals surface area contributed by atoms with Gasteiger partial charge in [0.15, 0.2) is 0 Å². The van der Waals surface area contributed by atoms with Gasteiger partial charge in [-0.05, 0) is 37.3 Å². The maximum Gasteiger partial charge on any atom is 0.401 e. The lowest BCUT2D eigenvalue weighted by atomic mass is 9.88. The number of benzene rings is 1. The molecule has 20 heavy (non-hydrogen) atoms. The molecule has 0 aliphatic heterocycles. The SMILES string of the molecule is C[C@@H](C(=O)O)C(F)(F)F.N[C@H]1CCCc2ccccc21. The van der Waals surface area contributed by atoms with Crippen LogP contribution < -0.4 is 5.73 Å². The van der Waals surface area contributed by atoms with E-state index in [2.05, 4.69) is 24.3 Å². The maximum absolute atomic E-state index is 11.3. The quantitative estimate of drug-likeness (QED) is 0.834. The van der Waals surface area contributed by atoms with Crippen LogP contribution in [0.4, 0.5) is 13.2 Å². The second-order valence-electron chi connectivity index (χ2n) is 4.80. The van der Waals surface area contributed by atoms with E-state index in [0.717, 1.165) is 6.42 Å². The Labute approximate surface area is 115 Å². The van der Waals surface area contributed by atoms with Crippen LogP contribution in [-0.4, -0.2) is 17.3 Å². The molecule has 1 aromatic carbocycles. The van der Waals surface area contributed by atoms with Gasteiger partial charge in [-0.1, -0.05) is 24.3 Å². The third kappa shape index (κ3) is 4.52. The second-order valence-corrected chi connectivity index (χ2v) is 4.80. The van der Waals surface area contributed by atoms with Crippen molar-refractivity contribution in [3.05, 3.63) is 35.4 Å². The van der Waals surface area contributed by atoms with E-state index in [9.17, 15) is 18.0 Å². The molecule has 0 saturated carbocycles.